The van der Waals surface area contributed by atoms with Gasteiger partial charge >= 0.3 is 0 Å². The van der Waals surface area contributed by atoms with Gasteiger partial charge in [0.2, 0.25) is 0 Å². The number of hydrazone groups is 1. The van der Waals surface area contributed by atoms with E-state index in [1.54, 1.807) is 11.1 Å². The molecule has 1 atom stereocenters. The van der Waals surface area contributed by atoms with Gasteiger partial charge in [0.05, 0.1) is 11.8 Å². The normalized spacial score (nSPS) is 16.0. The van der Waals surface area contributed by atoms with Crippen molar-refractivity contribution in [3.63, 3.8) is 0 Å². The van der Waals surface area contributed by atoms with Crippen molar-refractivity contribution in [1.29, 1.82) is 0 Å². The minimum absolute atomic E-state index is 0.165. The first-order valence-corrected chi connectivity index (χ1v) is 9.60. The van der Waals surface area contributed by atoms with Gasteiger partial charge in [-0.2, -0.15) is 5.10 Å². The van der Waals surface area contributed by atoms with E-state index in [2.05, 4.69) is 5.32 Å². The summed E-state index contributed by atoms with van der Waals surface area (Å²) in [6, 6.07) is 25.3. The maximum atomic E-state index is 10.4. The molecule has 0 bridgehead atoms. The van der Waals surface area contributed by atoms with Crippen LogP contribution in [0.15, 0.2) is 84.0 Å². The lowest BCUT2D eigenvalue weighted by atomic mass is 9.98. The maximum Gasteiger partial charge on any atom is 0.194 e. The van der Waals surface area contributed by atoms with Crippen LogP contribution in [0.25, 0.3) is 0 Å². The van der Waals surface area contributed by atoms with Crippen LogP contribution in [-0.2, 0) is 0 Å². The fourth-order valence-corrected chi connectivity index (χ4v) is 3.62. The Labute approximate surface area is 170 Å². The van der Waals surface area contributed by atoms with Crippen molar-refractivity contribution >= 4 is 28.7 Å². The van der Waals surface area contributed by atoms with E-state index < -0.39 is 0 Å². The van der Waals surface area contributed by atoms with E-state index in [9.17, 15) is 5.11 Å². The third-order valence-electron chi connectivity index (χ3n) is 4.82. The molecule has 3 aromatic carbocycles. The molecule has 5 heteroatoms. The number of aromatic hydroxyl groups is 1. The summed E-state index contributed by atoms with van der Waals surface area (Å²) in [4.78, 5) is 0. The van der Waals surface area contributed by atoms with Crippen molar-refractivity contribution in [2.45, 2.75) is 19.4 Å². The summed E-state index contributed by atoms with van der Waals surface area (Å²) in [6.07, 6.45) is 0.664. The summed E-state index contributed by atoms with van der Waals surface area (Å²) >= 11 is 5.68. The molecule has 4 nitrogen and oxygen atoms in total. The van der Waals surface area contributed by atoms with Gasteiger partial charge in [0.1, 0.15) is 5.75 Å². The molecular formula is C23H21N3OS. The first kappa shape index (κ1) is 18.2. The lowest BCUT2D eigenvalue weighted by Gasteiger charge is -2.25. The highest BCUT2D eigenvalue weighted by Crippen LogP contribution is 2.37. The van der Waals surface area contributed by atoms with E-state index in [0.29, 0.717) is 11.5 Å². The smallest absolute Gasteiger partial charge is 0.194 e. The highest BCUT2D eigenvalue weighted by atomic mass is 32.1. The number of hydrogen-bond donors (Lipinski definition) is 2. The predicted molar refractivity (Wildman–Crippen MR) is 118 cm³/mol. The summed E-state index contributed by atoms with van der Waals surface area (Å²) < 4.78 is 0. The number of phenols is 1. The summed E-state index contributed by atoms with van der Waals surface area (Å²) in [7, 11) is 0. The van der Waals surface area contributed by atoms with Crippen LogP contribution in [0, 0.1) is 6.92 Å². The van der Waals surface area contributed by atoms with Crippen molar-refractivity contribution in [2.24, 2.45) is 5.10 Å². The number of phenolic OH excluding ortho intramolecular Hbond substituents is 1. The average molecular weight is 388 g/mol. The van der Waals surface area contributed by atoms with Crippen molar-refractivity contribution < 1.29 is 5.11 Å². The van der Waals surface area contributed by atoms with Crippen molar-refractivity contribution in [3.05, 3.63) is 95.6 Å². The monoisotopic (exact) mass is 387 g/mol. The lowest BCUT2D eigenvalue weighted by molar-refractivity contribution is 0.359. The molecule has 0 aromatic heterocycles. The van der Waals surface area contributed by atoms with Crippen molar-refractivity contribution in [1.82, 2.24) is 5.01 Å². The predicted octanol–water partition coefficient (Wildman–Crippen LogP) is 5.25. The minimum Gasteiger partial charge on any atom is -0.508 e. The number of anilines is 1. The standard InChI is InChI=1S/C23H21N3OS/c1-16-11-13-18(14-12-16)24-23(28)26-21(19-9-5-6-10-22(19)27)15-20(25-26)17-7-3-2-4-8-17/h2-14,21,27H,15H2,1H3,(H,24,28). The molecule has 0 spiro atoms. The molecule has 28 heavy (non-hydrogen) atoms. The third kappa shape index (κ3) is 3.75. The largest absolute Gasteiger partial charge is 0.508 e. The molecule has 0 fully saturated rings. The molecule has 4 rings (SSSR count). The van der Waals surface area contributed by atoms with Crippen LogP contribution in [0.4, 0.5) is 5.69 Å². The molecule has 0 saturated heterocycles. The summed E-state index contributed by atoms with van der Waals surface area (Å²) in [5.41, 5.74) is 4.92. The Balaban J connectivity index is 1.66. The molecule has 1 unspecified atom stereocenters. The number of benzene rings is 3. The van der Waals surface area contributed by atoms with Gasteiger partial charge in [-0.05, 0) is 42.9 Å². The van der Waals surface area contributed by atoms with Crippen LogP contribution in [0.1, 0.15) is 29.2 Å². The fourth-order valence-electron chi connectivity index (χ4n) is 3.33. The Morgan fingerprint density at radius 3 is 2.39 bits per heavy atom. The Bertz CT molecular complexity index is 1020. The zero-order valence-electron chi connectivity index (χ0n) is 15.5. The van der Waals surface area contributed by atoms with Gasteiger partial charge in [-0.15, -0.1) is 0 Å². The molecule has 0 amide bonds. The van der Waals surface area contributed by atoms with Crippen molar-refractivity contribution in [2.75, 3.05) is 5.32 Å². The minimum atomic E-state index is -0.165. The van der Waals surface area contributed by atoms with Crippen LogP contribution >= 0.6 is 12.2 Å². The van der Waals surface area contributed by atoms with Crippen molar-refractivity contribution in [3.8, 4) is 5.75 Å². The molecule has 1 heterocycles. The number of aryl methyl sites for hydroxylation is 1. The molecular weight excluding hydrogens is 366 g/mol. The Morgan fingerprint density at radius 2 is 1.68 bits per heavy atom. The van der Waals surface area contributed by atoms with Gasteiger partial charge < -0.3 is 10.4 Å². The van der Waals surface area contributed by atoms with Crippen LogP contribution in [0.3, 0.4) is 0 Å². The molecule has 0 aliphatic carbocycles. The van der Waals surface area contributed by atoms with Crippen LogP contribution in [0.2, 0.25) is 0 Å². The van der Waals surface area contributed by atoms with E-state index in [-0.39, 0.29) is 11.8 Å². The van der Waals surface area contributed by atoms with Gasteiger partial charge in [-0.25, -0.2) is 5.01 Å². The summed E-state index contributed by atoms with van der Waals surface area (Å²) in [5, 5.41) is 20.8. The summed E-state index contributed by atoms with van der Waals surface area (Å²) in [5.74, 6) is 0.250. The third-order valence-corrected chi connectivity index (χ3v) is 5.11. The van der Waals surface area contributed by atoms with E-state index >= 15 is 0 Å². The number of thiocarbonyl (C=S) groups is 1. The van der Waals surface area contributed by atoms with Crippen LogP contribution in [-0.4, -0.2) is 20.9 Å². The van der Waals surface area contributed by atoms with E-state index in [1.165, 1.54) is 5.56 Å². The maximum absolute atomic E-state index is 10.4. The Hall–Kier alpha value is -3.18. The second-order valence-corrected chi connectivity index (χ2v) is 7.22. The molecule has 0 saturated carbocycles. The topological polar surface area (TPSA) is 47.9 Å². The SMILES string of the molecule is Cc1ccc(NC(=S)N2N=C(c3ccccc3)CC2c2ccccc2O)cc1. The molecule has 3 aromatic rings. The Morgan fingerprint density at radius 1 is 1.00 bits per heavy atom. The molecule has 1 aliphatic rings. The highest BCUT2D eigenvalue weighted by Gasteiger charge is 2.32. The van der Waals surface area contributed by atoms with E-state index in [4.69, 9.17) is 17.3 Å². The second kappa shape index (κ2) is 7.82. The first-order chi connectivity index (χ1) is 13.6. The number of hydrogen-bond acceptors (Lipinski definition) is 3. The van der Waals surface area contributed by atoms with Crippen LogP contribution < -0.4 is 5.32 Å². The highest BCUT2D eigenvalue weighted by molar-refractivity contribution is 7.80. The molecule has 140 valence electrons. The number of rotatable bonds is 3. The lowest BCUT2D eigenvalue weighted by Crippen LogP contribution is -2.31. The quantitative estimate of drug-likeness (QED) is 0.603. The molecule has 1 aliphatic heterocycles. The summed E-state index contributed by atoms with van der Waals surface area (Å²) in [6.45, 7) is 2.05. The van der Waals surface area contributed by atoms with Gasteiger partial charge in [0.15, 0.2) is 5.11 Å². The van der Waals surface area contributed by atoms with Gasteiger partial charge in [-0.3, -0.25) is 0 Å². The zero-order valence-corrected chi connectivity index (χ0v) is 16.4. The molecule has 0 radical (unpaired) electrons. The van der Waals surface area contributed by atoms with E-state index in [0.717, 1.165) is 22.5 Å². The zero-order chi connectivity index (χ0) is 19.5. The number of nitrogens with zero attached hydrogens (tertiary/aromatic N) is 2. The average Bonchev–Trinajstić information content (AvgIpc) is 3.16. The second-order valence-electron chi connectivity index (χ2n) is 6.83. The first-order valence-electron chi connectivity index (χ1n) is 9.19. The van der Waals surface area contributed by atoms with Crippen LogP contribution in [0.5, 0.6) is 5.75 Å². The van der Waals surface area contributed by atoms with Gasteiger partial charge in [0.25, 0.3) is 0 Å². The van der Waals surface area contributed by atoms with E-state index in [1.807, 2.05) is 79.7 Å². The number of para-hydroxylation sites is 1. The van der Waals surface area contributed by atoms with Gasteiger partial charge in [0, 0.05) is 17.7 Å². The molecule has 2 N–H and O–H groups in total. The van der Waals surface area contributed by atoms with Gasteiger partial charge in [-0.1, -0.05) is 66.2 Å². The number of nitrogens with one attached hydrogen (secondary N) is 1. The fraction of sp³-hybridized carbons (Fsp3) is 0.130. The Kier molecular flexibility index (Phi) is 5.08.